The van der Waals surface area contributed by atoms with Crippen LogP contribution in [-0.4, -0.2) is 94.1 Å². The number of ether oxygens (including phenoxy) is 2. The molecule has 0 aliphatic carbocycles. The smallest absolute Gasteiger partial charge is 0.410 e. The van der Waals surface area contributed by atoms with Crippen molar-refractivity contribution in [3.63, 3.8) is 0 Å². The Morgan fingerprint density at radius 3 is 2.26 bits per heavy atom. The Hall–Kier alpha value is -4.07. The number of nitro benzene ring substituents is 1. The van der Waals surface area contributed by atoms with E-state index >= 15 is 0 Å². The SMILES string of the molecule is CC(C)(C)OC(=O)CC(NC(=O)c1cnc2c([N+](=O)[O-])cccc2c1N1CCN(C(=O)OC(C)(C)C)CC1)C(O)CF. The molecule has 2 amide bonds. The van der Waals surface area contributed by atoms with Crippen LogP contribution >= 0.6 is 0 Å². The van der Waals surface area contributed by atoms with Crippen molar-refractivity contribution in [2.45, 2.75) is 71.3 Å². The highest BCUT2D eigenvalue weighted by molar-refractivity contribution is 6.09. The molecule has 1 fully saturated rings. The average Bonchev–Trinajstić information content (AvgIpc) is 2.89. The van der Waals surface area contributed by atoms with Crippen molar-refractivity contribution in [1.82, 2.24) is 15.2 Å². The molecule has 13 nitrogen and oxygen atoms in total. The van der Waals surface area contributed by atoms with Crippen LogP contribution in [0.5, 0.6) is 0 Å². The van der Waals surface area contributed by atoms with E-state index in [1.807, 2.05) is 0 Å². The van der Waals surface area contributed by atoms with E-state index in [4.69, 9.17) is 9.47 Å². The fourth-order valence-corrected chi connectivity index (χ4v) is 4.49. The van der Waals surface area contributed by atoms with E-state index in [1.54, 1.807) is 52.5 Å². The first kappa shape index (κ1) is 32.4. The standard InChI is InChI=1S/C28H38FN5O8/c1-27(2,3)41-22(36)14-19(21(35)15-29)31-25(37)18-16-30-23-17(8-7-9-20(23)34(39)40)24(18)32-10-12-33(13-11-32)26(38)42-28(4,5)6/h7-9,16,19,21,35H,10-15H2,1-6H3,(H,31,37). The summed E-state index contributed by atoms with van der Waals surface area (Å²) in [6.45, 7) is 10.0. The highest BCUT2D eigenvalue weighted by Gasteiger charge is 2.32. The van der Waals surface area contributed by atoms with Gasteiger partial charge in [0.25, 0.3) is 11.6 Å². The molecule has 2 unspecified atom stereocenters. The number of halogens is 1. The van der Waals surface area contributed by atoms with Crippen LogP contribution < -0.4 is 10.2 Å². The summed E-state index contributed by atoms with van der Waals surface area (Å²) < 4.78 is 24.2. The number of anilines is 1. The van der Waals surface area contributed by atoms with Gasteiger partial charge in [-0.15, -0.1) is 0 Å². The summed E-state index contributed by atoms with van der Waals surface area (Å²) in [6, 6.07) is 3.04. The Bertz CT molecular complexity index is 1330. The lowest BCUT2D eigenvalue weighted by molar-refractivity contribution is -0.383. The molecule has 0 bridgehead atoms. The summed E-state index contributed by atoms with van der Waals surface area (Å²) in [5, 5.41) is 24.8. The second-order valence-electron chi connectivity index (χ2n) is 12.0. The van der Waals surface area contributed by atoms with Crippen LogP contribution in [0.4, 0.5) is 20.6 Å². The first-order valence-electron chi connectivity index (χ1n) is 13.6. The van der Waals surface area contributed by atoms with Gasteiger partial charge in [-0.05, 0) is 41.5 Å². The molecule has 1 aliphatic rings. The Morgan fingerprint density at radius 1 is 1.10 bits per heavy atom. The molecule has 3 rings (SSSR count). The van der Waals surface area contributed by atoms with Crippen LogP contribution in [0.1, 0.15) is 58.3 Å². The molecule has 1 aliphatic heterocycles. The van der Waals surface area contributed by atoms with Crippen molar-refractivity contribution < 1.29 is 38.3 Å². The number of nitro groups is 1. The minimum absolute atomic E-state index is 0.00559. The molecule has 1 aromatic carbocycles. The van der Waals surface area contributed by atoms with Gasteiger partial charge in [-0.25, -0.2) is 14.2 Å². The minimum atomic E-state index is -1.70. The number of carbonyl (C=O) groups is 3. The van der Waals surface area contributed by atoms with Gasteiger partial charge in [-0.2, -0.15) is 0 Å². The van der Waals surface area contributed by atoms with Crippen LogP contribution in [0.3, 0.4) is 0 Å². The molecule has 230 valence electrons. The van der Waals surface area contributed by atoms with Gasteiger partial charge in [0.15, 0.2) is 0 Å². The molecule has 2 atom stereocenters. The molecule has 1 saturated heterocycles. The quantitative estimate of drug-likeness (QED) is 0.264. The van der Waals surface area contributed by atoms with E-state index in [-0.39, 0.29) is 42.9 Å². The van der Waals surface area contributed by atoms with Crippen LogP contribution in [0.25, 0.3) is 10.9 Å². The first-order chi connectivity index (χ1) is 19.5. The maximum Gasteiger partial charge on any atom is 0.410 e. The molecule has 0 radical (unpaired) electrons. The number of hydrogen-bond acceptors (Lipinski definition) is 10. The Balaban J connectivity index is 1.98. The second kappa shape index (κ2) is 12.8. The van der Waals surface area contributed by atoms with Crippen molar-refractivity contribution in [1.29, 1.82) is 0 Å². The number of hydrogen-bond donors (Lipinski definition) is 2. The molecule has 42 heavy (non-hydrogen) atoms. The van der Waals surface area contributed by atoms with Gasteiger partial charge >= 0.3 is 12.1 Å². The summed E-state index contributed by atoms with van der Waals surface area (Å²) in [6.07, 6.45) is -1.51. The van der Waals surface area contributed by atoms with Gasteiger partial charge in [-0.1, -0.05) is 12.1 Å². The third kappa shape index (κ3) is 8.24. The summed E-state index contributed by atoms with van der Waals surface area (Å²) >= 11 is 0. The summed E-state index contributed by atoms with van der Waals surface area (Å²) in [4.78, 5) is 57.3. The number of nitrogens with one attached hydrogen (secondary N) is 1. The van der Waals surface area contributed by atoms with Crippen molar-refractivity contribution in [3.05, 3.63) is 40.1 Å². The monoisotopic (exact) mass is 591 g/mol. The maximum atomic E-state index is 13.6. The zero-order valence-corrected chi connectivity index (χ0v) is 24.7. The van der Waals surface area contributed by atoms with E-state index in [2.05, 4.69) is 10.3 Å². The molecular weight excluding hydrogens is 553 g/mol. The van der Waals surface area contributed by atoms with Crippen LogP contribution in [0, 0.1) is 10.1 Å². The van der Waals surface area contributed by atoms with Crippen molar-refractivity contribution in [2.75, 3.05) is 37.8 Å². The van der Waals surface area contributed by atoms with Crippen molar-refractivity contribution in [3.8, 4) is 0 Å². The number of amides is 2. The summed E-state index contributed by atoms with van der Waals surface area (Å²) in [5.41, 5.74) is -1.41. The number of rotatable bonds is 8. The van der Waals surface area contributed by atoms with E-state index in [1.165, 1.54) is 23.2 Å². The lowest BCUT2D eigenvalue weighted by Crippen LogP contribution is -2.51. The van der Waals surface area contributed by atoms with Gasteiger partial charge in [0.05, 0.1) is 28.6 Å². The fourth-order valence-electron chi connectivity index (χ4n) is 4.49. The Kier molecular flexibility index (Phi) is 9.92. The normalized spacial score (nSPS) is 15.6. The lowest BCUT2D eigenvalue weighted by Gasteiger charge is -2.37. The fraction of sp³-hybridized carbons (Fsp3) is 0.571. The van der Waals surface area contributed by atoms with Crippen LogP contribution in [0.2, 0.25) is 0 Å². The zero-order valence-electron chi connectivity index (χ0n) is 24.7. The van der Waals surface area contributed by atoms with Crippen LogP contribution in [-0.2, 0) is 14.3 Å². The van der Waals surface area contributed by atoms with E-state index in [9.17, 15) is 34.0 Å². The van der Waals surface area contributed by atoms with Gasteiger partial charge < -0.3 is 29.7 Å². The Labute approximate surface area is 243 Å². The topological polar surface area (TPSA) is 164 Å². The number of aromatic nitrogens is 1. The third-order valence-corrected chi connectivity index (χ3v) is 6.28. The maximum absolute atomic E-state index is 13.6. The van der Waals surface area contributed by atoms with Gasteiger partial charge in [0, 0.05) is 43.8 Å². The number of alkyl halides is 1. The second-order valence-corrected chi connectivity index (χ2v) is 12.0. The van der Waals surface area contributed by atoms with Gasteiger partial charge in [0.2, 0.25) is 0 Å². The molecule has 2 N–H and O–H groups in total. The van der Waals surface area contributed by atoms with E-state index in [0.717, 1.165) is 0 Å². The number of aliphatic hydroxyl groups excluding tert-OH is 1. The Morgan fingerprint density at radius 2 is 1.71 bits per heavy atom. The van der Waals surface area contributed by atoms with Gasteiger partial charge in [-0.3, -0.25) is 19.7 Å². The molecule has 0 saturated carbocycles. The number of piperazine rings is 1. The number of fused-ring (bicyclic) bond motifs is 1. The molecule has 2 heterocycles. The number of carbonyl (C=O) groups excluding carboxylic acids is 3. The number of non-ortho nitro benzene ring substituents is 1. The molecule has 14 heteroatoms. The highest BCUT2D eigenvalue weighted by atomic mass is 19.1. The number of pyridine rings is 1. The molecule has 1 aromatic heterocycles. The number of aliphatic hydroxyl groups is 1. The largest absolute Gasteiger partial charge is 0.460 e. The number of benzene rings is 1. The average molecular weight is 592 g/mol. The number of esters is 1. The van der Waals surface area contributed by atoms with Gasteiger partial charge in [0.1, 0.15) is 29.5 Å². The highest BCUT2D eigenvalue weighted by Crippen LogP contribution is 2.35. The van der Waals surface area contributed by atoms with Crippen LogP contribution in [0.15, 0.2) is 24.4 Å². The lowest BCUT2D eigenvalue weighted by atomic mass is 10.0. The van der Waals surface area contributed by atoms with Crippen molar-refractivity contribution in [2.24, 2.45) is 0 Å². The molecule has 0 spiro atoms. The predicted molar refractivity (Wildman–Crippen MR) is 152 cm³/mol. The molecule has 2 aromatic rings. The number of nitrogens with zero attached hydrogens (tertiary/aromatic N) is 4. The number of para-hydroxylation sites is 1. The minimum Gasteiger partial charge on any atom is -0.460 e. The predicted octanol–water partition coefficient (Wildman–Crippen LogP) is 3.36. The molecular formula is C28H38FN5O8. The van der Waals surface area contributed by atoms with Crippen molar-refractivity contribution >= 4 is 40.2 Å². The summed E-state index contributed by atoms with van der Waals surface area (Å²) in [7, 11) is 0. The zero-order chi connectivity index (χ0) is 31.4. The summed E-state index contributed by atoms with van der Waals surface area (Å²) in [5.74, 6) is -1.52. The van der Waals surface area contributed by atoms with E-state index in [0.29, 0.717) is 11.1 Å². The third-order valence-electron chi connectivity index (χ3n) is 6.28. The van der Waals surface area contributed by atoms with E-state index < -0.39 is 59.3 Å². The first-order valence-corrected chi connectivity index (χ1v) is 13.6.